The molecule has 0 aliphatic rings. The number of rotatable bonds is 2. The zero-order valence-corrected chi connectivity index (χ0v) is 12.0. The molecule has 0 bridgehead atoms. The van der Waals surface area contributed by atoms with Crippen LogP contribution in [0.25, 0.3) is 0 Å². The van der Waals surface area contributed by atoms with E-state index in [0.29, 0.717) is 21.7 Å². The minimum Gasteiger partial charge on any atom is -0.428 e. The van der Waals surface area contributed by atoms with Crippen LogP contribution >= 0.6 is 23.1 Å². The summed E-state index contributed by atoms with van der Waals surface area (Å²) in [4.78, 5) is 4.34. The fourth-order valence-electron chi connectivity index (χ4n) is 1.25. The van der Waals surface area contributed by atoms with Gasteiger partial charge in [0.05, 0.1) is 5.02 Å². The molecule has 0 saturated carbocycles. The molecule has 2 N–H and O–H groups in total. The Morgan fingerprint density at radius 3 is 2.61 bits per heavy atom. The van der Waals surface area contributed by atoms with Gasteiger partial charge in [-0.15, -0.1) is 0 Å². The van der Waals surface area contributed by atoms with E-state index in [4.69, 9.17) is 22.1 Å². The van der Waals surface area contributed by atoms with Crippen molar-refractivity contribution >= 4 is 28.8 Å². The van der Waals surface area contributed by atoms with Gasteiger partial charge < -0.3 is 10.5 Å². The van der Waals surface area contributed by atoms with E-state index in [9.17, 15) is 0 Å². The van der Waals surface area contributed by atoms with Crippen molar-refractivity contribution in [1.29, 1.82) is 0 Å². The van der Waals surface area contributed by atoms with E-state index in [2.05, 4.69) is 30.1 Å². The Kier molecular flexibility index (Phi) is 3.45. The standard InChI is InChI=1S/C12H14ClN3OS/c1-12(2,3)10-15-11(18-16-10)17-9-5-4-7(14)6-8(9)13/h4-6H,14H2,1-3H3. The number of anilines is 1. The SMILES string of the molecule is CC(C)(C)c1nsc(Oc2ccc(N)cc2Cl)n1. The van der Waals surface area contributed by atoms with Crippen molar-refractivity contribution in [3.05, 3.63) is 29.0 Å². The molecule has 96 valence electrons. The van der Waals surface area contributed by atoms with Gasteiger partial charge in [0.15, 0.2) is 5.82 Å². The molecule has 2 aromatic rings. The molecule has 1 heterocycles. The largest absolute Gasteiger partial charge is 0.428 e. The van der Waals surface area contributed by atoms with Crippen LogP contribution in [0.4, 0.5) is 5.69 Å². The van der Waals surface area contributed by atoms with Crippen LogP contribution in [0.1, 0.15) is 26.6 Å². The molecule has 0 aliphatic carbocycles. The lowest BCUT2D eigenvalue weighted by molar-refractivity contribution is 0.468. The van der Waals surface area contributed by atoms with Crippen LogP contribution in [-0.4, -0.2) is 9.36 Å². The van der Waals surface area contributed by atoms with Gasteiger partial charge in [0.25, 0.3) is 5.19 Å². The Labute approximate surface area is 115 Å². The maximum atomic E-state index is 6.03. The highest BCUT2D eigenvalue weighted by atomic mass is 35.5. The lowest BCUT2D eigenvalue weighted by Gasteiger charge is -2.12. The molecule has 6 heteroatoms. The number of nitrogens with zero attached hydrogens (tertiary/aromatic N) is 2. The number of ether oxygens (including phenoxy) is 1. The first-order valence-electron chi connectivity index (χ1n) is 5.43. The van der Waals surface area contributed by atoms with Crippen molar-refractivity contribution in [1.82, 2.24) is 9.36 Å². The number of nitrogen functional groups attached to an aromatic ring is 1. The number of hydrogen-bond donors (Lipinski definition) is 1. The van der Waals surface area contributed by atoms with Crippen LogP contribution in [0, 0.1) is 0 Å². The minimum absolute atomic E-state index is 0.0942. The van der Waals surface area contributed by atoms with Crippen LogP contribution in [0.5, 0.6) is 10.9 Å². The highest BCUT2D eigenvalue weighted by molar-refractivity contribution is 7.07. The van der Waals surface area contributed by atoms with Crippen LogP contribution < -0.4 is 10.5 Å². The predicted octanol–water partition coefficient (Wildman–Crippen LogP) is 3.86. The Balaban J connectivity index is 2.21. The summed E-state index contributed by atoms with van der Waals surface area (Å²) in [6.07, 6.45) is 0. The van der Waals surface area contributed by atoms with Crippen molar-refractivity contribution in [3.8, 4) is 10.9 Å². The highest BCUT2D eigenvalue weighted by Crippen LogP contribution is 2.33. The Morgan fingerprint density at radius 1 is 1.33 bits per heavy atom. The third kappa shape index (κ3) is 2.91. The molecule has 0 atom stereocenters. The van der Waals surface area contributed by atoms with Gasteiger partial charge in [-0.2, -0.15) is 9.36 Å². The van der Waals surface area contributed by atoms with E-state index < -0.39 is 0 Å². The maximum absolute atomic E-state index is 6.03. The fourth-order valence-corrected chi connectivity index (χ4v) is 2.21. The summed E-state index contributed by atoms with van der Waals surface area (Å²) < 4.78 is 9.87. The second-order valence-corrected chi connectivity index (χ2v) is 6.05. The first kappa shape index (κ1) is 13.1. The second-order valence-electron chi connectivity index (χ2n) is 4.93. The van der Waals surface area contributed by atoms with E-state index >= 15 is 0 Å². The molecule has 0 saturated heterocycles. The Bertz CT molecular complexity index is 563. The molecular formula is C12H14ClN3OS. The molecule has 1 aromatic carbocycles. The van der Waals surface area contributed by atoms with Gasteiger partial charge in [0.1, 0.15) is 5.75 Å². The van der Waals surface area contributed by atoms with Gasteiger partial charge in [0.2, 0.25) is 0 Å². The summed E-state index contributed by atoms with van der Waals surface area (Å²) in [6, 6.07) is 5.09. The van der Waals surface area contributed by atoms with E-state index in [0.717, 1.165) is 5.82 Å². The van der Waals surface area contributed by atoms with Crippen LogP contribution in [0.2, 0.25) is 5.02 Å². The number of benzene rings is 1. The molecule has 2 rings (SSSR count). The average Bonchev–Trinajstić information content (AvgIpc) is 2.70. The summed E-state index contributed by atoms with van der Waals surface area (Å²) in [5.74, 6) is 1.29. The number of hydrogen-bond acceptors (Lipinski definition) is 5. The number of nitrogens with two attached hydrogens (primary N) is 1. The molecule has 1 aromatic heterocycles. The molecule has 18 heavy (non-hydrogen) atoms. The van der Waals surface area contributed by atoms with Crippen LogP contribution in [-0.2, 0) is 5.41 Å². The van der Waals surface area contributed by atoms with Crippen molar-refractivity contribution in [2.24, 2.45) is 0 Å². The second kappa shape index (κ2) is 4.74. The Morgan fingerprint density at radius 2 is 2.06 bits per heavy atom. The van der Waals surface area contributed by atoms with E-state index in [1.54, 1.807) is 18.2 Å². The Hall–Kier alpha value is -1.33. The van der Waals surface area contributed by atoms with E-state index in [1.807, 2.05) is 0 Å². The van der Waals surface area contributed by atoms with Gasteiger partial charge in [-0.1, -0.05) is 32.4 Å². The molecule has 0 radical (unpaired) electrons. The molecule has 0 spiro atoms. The van der Waals surface area contributed by atoms with Crippen molar-refractivity contribution in [2.45, 2.75) is 26.2 Å². The third-order valence-electron chi connectivity index (χ3n) is 2.23. The summed E-state index contributed by atoms with van der Waals surface area (Å²) in [7, 11) is 0. The van der Waals surface area contributed by atoms with Crippen LogP contribution in [0.15, 0.2) is 18.2 Å². The first-order valence-corrected chi connectivity index (χ1v) is 6.58. The molecule has 0 amide bonds. The molecular weight excluding hydrogens is 270 g/mol. The zero-order chi connectivity index (χ0) is 13.3. The topological polar surface area (TPSA) is 61.0 Å². The lowest BCUT2D eigenvalue weighted by atomic mass is 9.96. The third-order valence-corrected chi connectivity index (χ3v) is 3.12. The highest BCUT2D eigenvalue weighted by Gasteiger charge is 2.20. The smallest absolute Gasteiger partial charge is 0.298 e. The van der Waals surface area contributed by atoms with Gasteiger partial charge in [-0.25, -0.2) is 0 Å². The van der Waals surface area contributed by atoms with Crippen LogP contribution in [0.3, 0.4) is 0 Å². The molecule has 0 unspecified atom stereocenters. The summed E-state index contributed by atoms with van der Waals surface area (Å²) >= 11 is 7.24. The fraction of sp³-hybridized carbons (Fsp3) is 0.333. The van der Waals surface area contributed by atoms with Gasteiger partial charge >= 0.3 is 0 Å². The zero-order valence-electron chi connectivity index (χ0n) is 10.4. The van der Waals surface area contributed by atoms with Gasteiger partial charge in [-0.3, -0.25) is 0 Å². The summed E-state index contributed by atoms with van der Waals surface area (Å²) in [6.45, 7) is 6.15. The van der Waals surface area contributed by atoms with Crippen molar-refractivity contribution in [2.75, 3.05) is 5.73 Å². The summed E-state index contributed by atoms with van der Waals surface area (Å²) in [5, 5.41) is 0.939. The maximum Gasteiger partial charge on any atom is 0.298 e. The van der Waals surface area contributed by atoms with E-state index in [1.165, 1.54) is 11.5 Å². The van der Waals surface area contributed by atoms with E-state index in [-0.39, 0.29) is 5.41 Å². The van der Waals surface area contributed by atoms with Crippen molar-refractivity contribution < 1.29 is 4.74 Å². The van der Waals surface area contributed by atoms with Gasteiger partial charge in [0, 0.05) is 22.6 Å². The first-order chi connectivity index (χ1) is 8.36. The average molecular weight is 284 g/mol. The van der Waals surface area contributed by atoms with Crippen molar-refractivity contribution in [3.63, 3.8) is 0 Å². The van der Waals surface area contributed by atoms with Gasteiger partial charge in [-0.05, 0) is 18.2 Å². The quantitative estimate of drug-likeness (QED) is 0.850. The monoisotopic (exact) mass is 283 g/mol. The number of halogens is 1. The molecule has 0 aliphatic heterocycles. The molecule has 4 nitrogen and oxygen atoms in total. The normalized spacial score (nSPS) is 11.6. The molecule has 0 fully saturated rings. The number of aromatic nitrogens is 2. The summed E-state index contributed by atoms with van der Waals surface area (Å²) in [5.41, 5.74) is 6.12. The predicted molar refractivity (Wildman–Crippen MR) is 74.5 cm³/mol. The lowest BCUT2D eigenvalue weighted by Crippen LogP contribution is -2.12. The minimum atomic E-state index is -0.0942.